The van der Waals surface area contributed by atoms with Crippen molar-refractivity contribution >= 4 is 5.91 Å². The fraction of sp³-hybridized carbons (Fsp3) is 0.450. The number of nitrogens with one attached hydrogen (secondary N) is 2. The lowest BCUT2D eigenvalue weighted by atomic mass is 9.97. The number of para-hydroxylation sites is 1. The summed E-state index contributed by atoms with van der Waals surface area (Å²) in [6.07, 6.45) is 2.48. The maximum absolute atomic E-state index is 12.3. The highest BCUT2D eigenvalue weighted by atomic mass is 16.5. The van der Waals surface area contributed by atoms with Crippen LogP contribution in [0.4, 0.5) is 0 Å². The van der Waals surface area contributed by atoms with Crippen LogP contribution in [0.2, 0.25) is 0 Å². The molecule has 3 rings (SSSR count). The van der Waals surface area contributed by atoms with Crippen LogP contribution in [0, 0.1) is 12.8 Å². The number of amides is 1. The second kappa shape index (κ2) is 8.17. The Hall–Kier alpha value is -2.63. The predicted octanol–water partition coefficient (Wildman–Crippen LogP) is 1.94. The van der Waals surface area contributed by atoms with Gasteiger partial charge in [0.15, 0.2) is 0 Å². The van der Waals surface area contributed by atoms with Crippen molar-refractivity contribution in [1.29, 1.82) is 0 Å². The minimum atomic E-state index is -0.221. The fourth-order valence-corrected chi connectivity index (χ4v) is 3.26. The number of hydrogen-bond acceptors (Lipinski definition) is 4. The van der Waals surface area contributed by atoms with E-state index in [0.717, 1.165) is 18.6 Å². The Morgan fingerprint density at radius 2 is 2.19 bits per heavy atom. The lowest BCUT2D eigenvalue weighted by molar-refractivity contribution is -0.120. The number of carbonyl (C=O) groups is 1. The Morgan fingerprint density at radius 3 is 2.96 bits per heavy atom. The first-order valence-electron chi connectivity index (χ1n) is 9.13. The van der Waals surface area contributed by atoms with Crippen molar-refractivity contribution in [1.82, 2.24) is 15.3 Å². The van der Waals surface area contributed by atoms with Crippen LogP contribution in [0.5, 0.6) is 5.75 Å². The molecule has 0 unspecified atom stereocenters. The molecule has 0 saturated heterocycles. The molecule has 6 nitrogen and oxygen atoms in total. The molecular formula is C20H25N3O3. The van der Waals surface area contributed by atoms with E-state index in [1.54, 1.807) is 6.92 Å². The van der Waals surface area contributed by atoms with Crippen molar-refractivity contribution in [2.75, 3.05) is 13.2 Å². The summed E-state index contributed by atoms with van der Waals surface area (Å²) in [5, 5.41) is 2.97. The molecule has 1 atom stereocenters. The van der Waals surface area contributed by atoms with E-state index in [0.29, 0.717) is 42.6 Å². The molecule has 26 heavy (non-hydrogen) atoms. The van der Waals surface area contributed by atoms with Gasteiger partial charge < -0.3 is 15.0 Å². The number of aryl methyl sites for hydroxylation is 2. The molecule has 1 aromatic heterocycles. The maximum Gasteiger partial charge on any atom is 0.254 e. The number of carbonyl (C=O) groups excluding carboxylic acids is 1. The number of nitrogens with zero attached hydrogens (tertiary/aromatic N) is 1. The summed E-state index contributed by atoms with van der Waals surface area (Å²) in [5.41, 5.74) is 2.02. The van der Waals surface area contributed by atoms with E-state index in [2.05, 4.69) is 21.4 Å². The second-order valence-corrected chi connectivity index (χ2v) is 6.73. The number of ether oxygens (including phenoxy) is 1. The van der Waals surface area contributed by atoms with Crippen LogP contribution in [0.3, 0.4) is 0 Å². The van der Waals surface area contributed by atoms with E-state index in [-0.39, 0.29) is 17.9 Å². The van der Waals surface area contributed by atoms with Gasteiger partial charge in [0.25, 0.3) is 5.56 Å². The first-order chi connectivity index (χ1) is 12.6. The number of rotatable bonds is 5. The third kappa shape index (κ3) is 4.31. The zero-order chi connectivity index (χ0) is 18.5. The molecule has 1 aliphatic heterocycles. The summed E-state index contributed by atoms with van der Waals surface area (Å²) in [5.74, 6) is 1.75. The SMILES string of the molecule is CCc1nc(C)c(CC(=O)NC[C@H]2CCOc3ccccc3C2)c(=O)[nH]1. The van der Waals surface area contributed by atoms with Gasteiger partial charge in [-0.1, -0.05) is 25.1 Å². The highest BCUT2D eigenvalue weighted by Crippen LogP contribution is 2.26. The number of fused-ring (bicyclic) bond motifs is 1. The average molecular weight is 355 g/mol. The van der Waals surface area contributed by atoms with Crippen molar-refractivity contribution in [3.8, 4) is 5.75 Å². The van der Waals surface area contributed by atoms with Crippen LogP contribution in [0.25, 0.3) is 0 Å². The molecule has 0 radical (unpaired) electrons. The lowest BCUT2D eigenvalue weighted by Gasteiger charge is -2.15. The molecule has 0 aliphatic carbocycles. The second-order valence-electron chi connectivity index (χ2n) is 6.73. The molecule has 0 spiro atoms. The van der Waals surface area contributed by atoms with Gasteiger partial charge in [-0.3, -0.25) is 9.59 Å². The molecule has 1 aliphatic rings. The van der Waals surface area contributed by atoms with E-state index < -0.39 is 0 Å². The Morgan fingerprint density at radius 1 is 1.38 bits per heavy atom. The Kier molecular flexibility index (Phi) is 5.71. The van der Waals surface area contributed by atoms with Crippen molar-refractivity contribution in [2.24, 2.45) is 5.92 Å². The third-order valence-corrected chi connectivity index (χ3v) is 4.80. The van der Waals surface area contributed by atoms with Crippen LogP contribution in [0.1, 0.15) is 36.0 Å². The highest BCUT2D eigenvalue weighted by Gasteiger charge is 2.19. The summed E-state index contributed by atoms with van der Waals surface area (Å²) in [6, 6.07) is 8.03. The van der Waals surface area contributed by atoms with E-state index >= 15 is 0 Å². The Labute approximate surface area is 153 Å². The smallest absolute Gasteiger partial charge is 0.254 e. The molecular weight excluding hydrogens is 330 g/mol. The maximum atomic E-state index is 12.3. The van der Waals surface area contributed by atoms with Crippen LogP contribution in [-0.2, 0) is 24.1 Å². The zero-order valence-corrected chi connectivity index (χ0v) is 15.3. The standard InChI is InChI=1S/C20H25N3O3/c1-3-18-22-13(2)16(20(25)23-18)11-19(24)21-12-14-8-9-26-17-7-5-4-6-15(17)10-14/h4-7,14H,3,8-12H2,1-2H3,(H,21,24)(H,22,23,25)/t14-/m0/s1. The van der Waals surface area contributed by atoms with Crippen molar-refractivity contribution in [2.45, 2.75) is 39.5 Å². The quantitative estimate of drug-likeness (QED) is 0.858. The molecule has 0 saturated carbocycles. The largest absolute Gasteiger partial charge is 0.493 e. The highest BCUT2D eigenvalue weighted by molar-refractivity contribution is 5.78. The number of benzene rings is 1. The number of aromatic nitrogens is 2. The molecule has 2 aromatic rings. The minimum absolute atomic E-state index is 0.0535. The van der Waals surface area contributed by atoms with Gasteiger partial charge in [-0.25, -0.2) is 4.98 Å². The van der Waals surface area contributed by atoms with Crippen LogP contribution >= 0.6 is 0 Å². The number of aromatic amines is 1. The van der Waals surface area contributed by atoms with Gasteiger partial charge >= 0.3 is 0 Å². The van der Waals surface area contributed by atoms with Gasteiger partial charge in [0, 0.05) is 24.2 Å². The summed E-state index contributed by atoms with van der Waals surface area (Å²) >= 11 is 0. The normalized spacial score (nSPS) is 16.3. The van der Waals surface area contributed by atoms with Gasteiger partial charge in [0.2, 0.25) is 5.91 Å². The minimum Gasteiger partial charge on any atom is -0.493 e. The monoisotopic (exact) mass is 355 g/mol. The summed E-state index contributed by atoms with van der Waals surface area (Å²) < 4.78 is 5.77. The molecule has 0 bridgehead atoms. The van der Waals surface area contributed by atoms with E-state index in [1.165, 1.54) is 5.56 Å². The fourth-order valence-electron chi connectivity index (χ4n) is 3.26. The average Bonchev–Trinajstić information content (AvgIpc) is 2.84. The van der Waals surface area contributed by atoms with E-state index in [4.69, 9.17) is 4.74 Å². The van der Waals surface area contributed by atoms with Crippen molar-refractivity contribution in [3.63, 3.8) is 0 Å². The third-order valence-electron chi connectivity index (χ3n) is 4.80. The lowest BCUT2D eigenvalue weighted by Crippen LogP contribution is -2.33. The van der Waals surface area contributed by atoms with Crippen molar-refractivity contribution in [3.05, 3.63) is 57.3 Å². The van der Waals surface area contributed by atoms with Gasteiger partial charge in [-0.2, -0.15) is 0 Å². The number of hydrogen-bond donors (Lipinski definition) is 2. The molecule has 6 heteroatoms. The van der Waals surface area contributed by atoms with E-state index in [9.17, 15) is 9.59 Å². The van der Waals surface area contributed by atoms with Crippen LogP contribution < -0.4 is 15.6 Å². The summed E-state index contributed by atoms with van der Waals surface area (Å²) in [7, 11) is 0. The summed E-state index contributed by atoms with van der Waals surface area (Å²) in [4.78, 5) is 31.5. The van der Waals surface area contributed by atoms with Gasteiger partial charge in [-0.15, -0.1) is 0 Å². The zero-order valence-electron chi connectivity index (χ0n) is 15.3. The molecule has 138 valence electrons. The molecule has 1 aromatic carbocycles. The number of H-pyrrole nitrogens is 1. The molecule has 1 amide bonds. The Balaban J connectivity index is 1.59. The van der Waals surface area contributed by atoms with Crippen LogP contribution in [-0.4, -0.2) is 29.0 Å². The topological polar surface area (TPSA) is 84.1 Å². The van der Waals surface area contributed by atoms with Gasteiger partial charge in [0.05, 0.1) is 13.0 Å². The molecule has 2 N–H and O–H groups in total. The molecule has 0 fully saturated rings. The molecule has 2 heterocycles. The van der Waals surface area contributed by atoms with Crippen molar-refractivity contribution < 1.29 is 9.53 Å². The van der Waals surface area contributed by atoms with Gasteiger partial charge in [-0.05, 0) is 37.3 Å². The Bertz CT molecular complexity index is 844. The summed E-state index contributed by atoms with van der Waals surface area (Å²) in [6.45, 7) is 4.93. The first-order valence-corrected chi connectivity index (χ1v) is 9.13. The first kappa shape index (κ1) is 18.2. The van der Waals surface area contributed by atoms with Gasteiger partial charge in [0.1, 0.15) is 11.6 Å². The van der Waals surface area contributed by atoms with E-state index in [1.807, 2.05) is 25.1 Å². The van der Waals surface area contributed by atoms with Crippen LogP contribution in [0.15, 0.2) is 29.1 Å². The predicted molar refractivity (Wildman–Crippen MR) is 99.4 cm³/mol.